The zero-order chi connectivity index (χ0) is 16.1. The molecule has 3 rings (SSSR count). The van der Waals surface area contributed by atoms with Crippen LogP contribution in [0.3, 0.4) is 0 Å². The van der Waals surface area contributed by atoms with Crippen LogP contribution in [0.4, 0.5) is 5.69 Å². The van der Waals surface area contributed by atoms with Crippen molar-refractivity contribution < 1.29 is 4.79 Å². The number of amidine groups is 1. The van der Waals surface area contributed by atoms with E-state index in [0.29, 0.717) is 5.56 Å². The lowest BCUT2D eigenvalue weighted by molar-refractivity contribution is 0.100. The van der Waals surface area contributed by atoms with E-state index in [1.165, 1.54) is 0 Å². The van der Waals surface area contributed by atoms with Crippen LogP contribution in [0.5, 0.6) is 0 Å². The molecule has 0 radical (unpaired) electrons. The van der Waals surface area contributed by atoms with E-state index in [1.54, 1.807) is 16.7 Å². The molecule has 23 heavy (non-hydrogen) atoms. The van der Waals surface area contributed by atoms with Gasteiger partial charge in [-0.3, -0.25) is 14.7 Å². The first-order chi connectivity index (χ1) is 11.3. The molecule has 0 atom stereocenters. The number of hydrogen-bond acceptors (Lipinski definition) is 3. The van der Waals surface area contributed by atoms with Crippen LogP contribution in [-0.2, 0) is 0 Å². The first-order valence-corrected chi connectivity index (χ1v) is 9.36. The molecule has 118 valence electrons. The zero-order valence-electron chi connectivity index (χ0n) is 12.6. The van der Waals surface area contributed by atoms with Crippen LogP contribution in [0.25, 0.3) is 0 Å². The van der Waals surface area contributed by atoms with Crippen LogP contribution in [0.15, 0.2) is 64.1 Å². The largest absolute Gasteiger partial charge is 0.268 e. The predicted molar refractivity (Wildman–Crippen MR) is 101 cm³/mol. The van der Waals surface area contributed by atoms with Crippen molar-refractivity contribution in [3.63, 3.8) is 0 Å². The fourth-order valence-electron chi connectivity index (χ4n) is 2.38. The van der Waals surface area contributed by atoms with Crippen LogP contribution in [-0.4, -0.2) is 23.4 Å². The van der Waals surface area contributed by atoms with Crippen LogP contribution >= 0.6 is 27.7 Å². The number of anilines is 1. The Bertz CT molecular complexity index is 718. The highest BCUT2D eigenvalue weighted by molar-refractivity contribution is 9.10. The molecule has 0 bridgehead atoms. The third-order valence-electron chi connectivity index (χ3n) is 3.54. The summed E-state index contributed by atoms with van der Waals surface area (Å²) >= 11 is 5.14. The molecule has 0 aromatic heterocycles. The Morgan fingerprint density at radius 1 is 1.04 bits per heavy atom. The molecule has 0 aliphatic carbocycles. The minimum absolute atomic E-state index is 0.0585. The van der Waals surface area contributed by atoms with Crippen molar-refractivity contribution in [1.29, 1.82) is 0 Å². The fraction of sp³-hybridized carbons (Fsp3) is 0.222. The van der Waals surface area contributed by atoms with Crippen molar-refractivity contribution in [2.24, 2.45) is 4.99 Å². The number of aliphatic imine (C=N–C) groups is 1. The molecule has 0 saturated carbocycles. The third kappa shape index (κ3) is 3.85. The predicted octanol–water partition coefficient (Wildman–Crippen LogP) is 4.98. The van der Waals surface area contributed by atoms with Gasteiger partial charge in [-0.15, -0.1) is 0 Å². The van der Waals surface area contributed by atoms with Gasteiger partial charge in [0.05, 0.1) is 11.3 Å². The van der Waals surface area contributed by atoms with Gasteiger partial charge in [-0.1, -0.05) is 42.1 Å². The number of rotatable bonds is 2. The van der Waals surface area contributed by atoms with Gasteiger partial charge >= 0.3 is 0 Å². The second-order valence-corrected chi connectivity index (χ2v) is 7.09. The van der Waals surface area contributed by atoms with Crippen LogP contribution < -0.4 is 4.90 Å². The molecule has 2 aromatic rings. The third-order valence-corrected chi connectivity index (χ3v) is 5.30. The van der Waals surface area contributed by atoms with Gasteiger partial charge in [0, 0.05) is 16.8 Å². The van der Waals surface area contributed by atoms with Gasteiger partial charge in [0.1, 0.15) is 0 Å². The molecule has 0 N–H and O–H groups in total. The minimum atomic E-state index is -0.0585. The number of benzene rings is 2. The number of carbonyl (C=O) groups is 1. The lowest BCUT2D eigenvalue weighted by Gasteiger charge is -2.24. The summed E-state index contributed by atoms with van der Waals surface area (Å²) in [6.07, 6.45) is 2.20. The second-order valence-electron chi connectivity index (χ2n) is 5.18. The molecule has 1 amide bonds. The molecule has 3 nitrogen and oxygen atoms in total. The van der Waals surface area contributed by atoms with Gasteiger partial charge in [0.15, 0.2) is 5.17 Å². The van der Waals surface area contributed by atoms with E-state index in [9.17, 15) is 4.79 Å². The fourth-order valence-corrected chi connectivity index (χ4v) is 3.87. The molecular formula is C18H17BrN2OS. The van der Waals surface area contributed by atoms with Gasteiger partial charge in [0.2, 0.25) is 0 Å². The second kappa shape index (κ2) is 7.79. The van der Waals surface area contributed by atoms with Crippen molar-refractivity contribution >= 4 is 44.5 Å². The Labute approximate surface area is 148 Å². The number of halogens is 1. The Kier molecular flexibility index (Phi) is 5.51. The maximum atomic E-state index is 13.2. The molecule has 0 fully saturated rings. The van der Waals surface area contributed by atoms with E-state index < -0.39 is 0 Å². The van der Waals surface area contributed by atoms with Crippen LogP contribution in [0.1, 0.15) is 23.2 Å². The number of para-hydroxylation sites is 1. The Morgan fingerprint density at radius 3 is 2.57 bits per heavy atom. The average molecular weight is 389 g/mol. The first kappa shape index (κ1) is 16.3. The van der Waals surface area contributed by atoms with Crippen molar-refractivity contribution in [3.05, 3.63) is 64.6 Å². The lowest BCUT2D eigenvalue weighted by atomic mass is 10.2. The molecular weight excluding hydrogens is 372 g/mol. The van der Waals surface area contributed by atoms with Crippen molar-refractivity contribution in [3.8, 4) is 0 Å². The minimum Gasteiger partial charge on any atom is -0.268 e. The van der Waals surface area contributed by atoms with E-state index >= 15 is 0 Å². The number of amides is 1. The summed E-state index contributed by atoms with van der Waals surface area (Å²) in [4.78, 5) is 19.6. The van der Waals surface area contributed by atoms with Gasteiger partial charge in [0.25, 0.3) is 5.91 Å². The van der Waals surface area contributed by atoms with Crippen molar-refractivity contribution in [1.82, 2.24) is 0 Å². The number of hydrogen-bond donors (Lipinski definition) is 0. The molecule has 0 spiro atoms. The quantitative estimate of drug-likeness (QED) is 0.726. The van der Waals surface area contributed by atoms with E-state index in [2.05, 4.69) is 20.9 Å². The maximum absolute atomic E-state index is 13.2. The summed E-state index contributed by atoms with van der Waals surface area (Å²) in [5.41, 5.74) is 1.49. The molecule has 1 heterocycles. The number of carbonyl (C=O) groups excluding carboxylic acids is 1. The standard InChI is InChI=1S/C18H17BrN2OS/c19-16-11-5-4-10-15(16)17(22)21(14-8-2-1-3-9-14)18-20-12-6-7-13-23-18/h1-5,8-11H,6-7,12-13H2. The van der Waals surface area contributed by atoms with Crippen LogP contribution in [0.2, 0.25) is 0 Å². The average Bonchev–Trinajstić information content (AvgIpc) is 2.86. The summed E-state index contributed by atoms with van der Waals surface area (Å²) in [6.45, 7) is 0.773. The highest BCUT2D eigenvalue weighted by Gasteiger charge is 2.25. The first-order valence-electron chi connectivity index (χ1n) is 7.58. The highest BCUT2D eigenvalue weighted by atomic mass is 79.9. The summed E-state index contributed by atoms with van der Waals surface area (Å²) in [6, 6.07) is 17.2. The van der Waals surface area contributed by atoms with Crippen molar-refractivity contribution in [2.45, 2.75) is 12.8 Å². The van der Waals surface area contributed by atoms with Gasteiger partial charge in [-0.2, -0.15) is 0 Å². The summed E-state index contributed by atoms with van der Waals surface area (Å²) in [5.74, 6) is 0.933. The Balaban J connectivity index is 2.03. The van der Waals surface area contributed by atoms with E-state index in [4.69, 9.17) is 0 Å². The summed E-state index contributed by atoms with van der Waals surface area (Å²) in [5, 5.41) is 0.787. The summed E-state index contributed by atoms with van der Waals surface area (Å²) < 4.78 is 0.796. The monoisotopic (exact) mass is 388 g/mol. The van der Waals surface area contributed by atoms with Gasteiger partial charge < -0.3 is 0 Å². The smallest absolute Gasteiger partial charge is 0.265 e. The zero-order valence-corrected chi connectivity index (χ0v) is 15.0. The van der Waals surface area contributed by atoms with E-state index in [-0.39, 0.29) is 5.91 Å². The van der Waals surface area contributed by atoms with E-state index in [1.807, 2.05) is 54.6 Å². The van der Waals surface area contributed by atoms with E-state index in [0.717, 1.165) is 40.5 Å². The molecule has 1 aliphatic rings. The highest BCUT2D eigenvalue weighted by Crippen LogP contribution is 2.27. The Hall–Kier alpha value is -1.59. The number of nitrogens with zero attached hydrogens (tertiary/aromatic N) is 2. The van der Waals surface area contributed by atoms with Crippen molar-refractivity contribution in [2.75, 3.05) is 17.2 Å². The topological polar surface area (TPSA) is 32.7 Å². The normalized spacial score (nSPS) is 14.7. The van der Waals surface area contributed by atoms with Gasteiger partial charge in [-0.25, -0.2) is 0 Å². The maximum Gasteiger partial charge on any atom is 0.265 e. The van der Waals surface area contributed by atoms with Crippen LogP contribution in [0, 0.1) is 0 Å². The summed E-state index contributed by atoms with van der Waals surface area (Å²) in [7, 11) is 0. The SMILES string of the molecule is O=C(c1ccccc1Br)N(C1=NCCCCS1)c1ccccc1. The molecule has 0 saturated heterocycles. The lowest BCUT2D eigenvalue weighted by Crippen LogP contribution is -2.35. The number of thioether (sulfide) groups is 1. The van der Waals surface area contributed by atoms with Gasteiger partial charge in [-0.05, 0) is 53.0 Å². The Morgan fingerprint density at radius 2 is 1.78 bits per heavy atom. The molecule has 0 unspecified atom stereocenters. The molecule has 2 aromatic carbocycles. The molecule has 1 aliphatic heterocycles. The molecule has 5 heteroatoms.